The van der Waals surface area contributed by atoms with Gasteiger partial charge < -0.3 is 54.7 Å². The van der Waals surface area contributed by atoms with Crippen LogP contribution in [0.25, 0.3) is 0 Å². The number of rotatable bonds is 5. The highest BCUT2D eigenvalue weighted by molar-refractivity contribution is 5.83. The number of fused-ring (bicyclic) bond motifs is 7. The van der Waals surface area contributed by atoms with Gasteiger partial charge >= 0.3 is 11.9 Å². The molecule has 0 radical (unpaired) electrons. The van der Waals surface area contributed by atoms with Crippen molar-refractivity contribution in [1.29, 1.82) is 0 Å². The second-order valence-electron chi connectivity index (χ2n) is 18.7. The average Bonchev–Trinajstić information content (AvgIpc) is 3.03. The summed E-state index contributed by atoms with van der Waals surface area (Å²) in [6.45, 7) is 12.8. The van der Waals surface area contributed by atoms with E-state index in [4.69, 9.17) is 18.9 Å². The van der Waals surface area contributed by atoms with Crippen molar-refractivity contribution in [2.45, 2.75) is 154 Å². The monoisotopic (exact) mass is 722 g/mol. The molecule has 12 unspecified atom stereocenters. The Labute approximate surface area is 299 Å². The molecule has 0 amide bonds. The van der Waals surface area contributed by atoms with E-state index < -0.39 is 113 Å². The van der Waals surface area contributed by atoms with Gasteiger partial charge in [0.25, 0.3) is 0 Å². The van der Waals surface area contributed by atoms with E-state index in [1.165, 1.54) is 6.92 Å². The highest BCUT2D eigenvalue weighted by Crippen LogP contribution is 2.77. The van der Waals surface area contributed by atoms with Crippen LogP contribution in [0.4, 0.5) is 0 Å². The Hall–Kier alpha value is -1.68. The molecule has 0 aromatic carbocycles. The van der Waals surface area contributed by atoms with Gasteiger partial charge in [-0.1, -0.05) is 46.3 Å². The quantitative estimate of drug-likeness (QED) is 0.157. The molecule has 8 aliphatic rings. The van der Waals surface area contributed by atoms with Crippen molar-refractivity contribution >= 4 is 11.9 Å². The molecule has 2 bridgehead atoms. The highest BCUT2D eigenvalue weighted by atomic mass is 16.7. The highest BCUT2D eigenvalue weighted by Gasteiger charge is 2.80. The van der Waals surface area contributed by atoms with Gasteiger partial charge in [-0.3, -0.25) is 9.59 Å². The molecule has 5 aliphatic carbocycles. The number of aliphatic hydroxyl groups excluding tert-OH is 6. The average molecular weight is 723 g/mol. The fourth-order valence-electron chi connectivity index (χ4n) is 13.4. The van der Waals surface area contributed by atoms with Crippen LogP contribution in [0.2, 0.25) is 0 Å². The molecule has 3 heterocycles. The van der Waals surface area contributed by atoms with Crippen LogP contribution in [-0.4, -0.2) is 121 Å². The van der Waals surface area contributed by atoms with E-state index in [0.29, 0.717) is 19.3 Å². The molecular formula is C38H58O13. The van der Waals surface area contributed by atoms with Crippen molar-refractivity contribution in [2.24, 2.45) is 44.8 Å². The van der Waals surface area contributed by atoms with Gasteiger partial charge in [0.2, 0.25) is 0 Å². The molecule has 13 nitrogen and oxygen atoms in total. The van der Waals surface area contributed by atoms with Crippen LogP contribution in [0.3, 0.4) is 0 Å². The summed E-state index contributed by atoms with van der Waals surface area (Å²) in [7, 11) is 0. The third-order valence-corrected chi connectivity index (χ3v) is 16.2. The molecule has 0 aromatic heterocycles. The first-order valence-corrected chi connectivity index (χ1v) is 18.7. The Kier molecular flexibility index (Phi) is 8.60. The minimum Gasteiger partial charge on any atom is -0.459 e. The lowest BCUT2D eigenvalue weighted by Crippen LogP contribution is -2.80. The SMILES string of the molecule is CC(=O)OC1C(O)CC2(C)C(CCC3(C)C2CC=C2C4C5(CCC(CO[C@@H]6O[C@H](CO)[C@@H](O)[C@H](O)[C@H]6O)(OC5=O)C4(C)O)C(O)CC23C)C1(C)C. The molecule has 288 valence electrons. The lowest BCUT2D eigenvalue weighted by Gasteiger charge is -2.74. The minimum absolute atomic E-state index is 0.0760. The Morgan fingerprint density at radius 1 is 0.941 bits per heavy atom. The van der Waals surface area contributed by atoms with Crippen LogP contribution >= 0.6 is 0 Å². The van der Waals surface area contributed by atoms with E-state index in [-0.39, 0.29) is 30.1 Å². The van der Waals surface area contributed by atoms with Crippen molar-refractivity contribution in [2.75, 3.05) is 13.2 Å². The summed E-state index contributed by atoms with van der Waals surface area (Å²) >= 11 is 0. The number of aliphatic hydroxyl groups is 7. The summed E-state index contributed by atoms with van der Waals surface area (Å²) in [4.78, 5) is 26.3. The van der Waals surface area contributed by atoms with Crippen LogP contribution < -0.4 is 0 Å². The van der Waals surface area contributed by atoms with Crippen LogP contribution in [0, 0.1) is 44.8 Å². The predicted molar refractivity (Wildman–Crippen MR) is 178 cm³/mol. The number of ether oxygens (including phenoxy) is 4. The Morgan fingerprint density at radius 2 is 1.63 bits per heavy atom. The number of hydrogen-bond donors (Lipinski definition) is 7. The number of allylic oxidation sites excluding steroid dienone is 1. The predicted octanol–water partition coefficient (Wildman–Crippen LogP) is 1.11. The molecule has 3 aliphatic heterocycles. The molecule has 7 fully saturated rings. The first-order chi connectivity index (χ1) is 23.6. The summed E-state index contributed by atoms with van der Waals surface area (Å²) in [5.74, 6) is -1.64. The molecule has 8 rings (SSSR count). The summed E-state index contributed by atoms with van der Waals surface area (Å²) in [6, 6.07) is 0. The van der Waals surface area contributed by atoms with Gasteiger partial charge in [-0.25, -0.2) is 0 Å². The molecule has 7 N–H and O–H groups in total. The molecule has 1 spiro atoms. The van der Waals surface area contributed by atoms with Gasteiger partial charge in [0.15, 0.2) is 11.9 Å². The molecule has 17 atom stereocenters. The van der Waals surface area contributed by atoms with Crippen LogP contribution in [-0.2, 0) is 28.5 Å². The van der Waals surface area contributed by atoms with Crippen molar-refractivity contribution in [3.63, 3.8) is 0 Å². The summed E-state index contributed by atoms with van der Waals surface area (Å²) < 4.78 is 23.4. The van der Waals surface area contributed by atoms with Crippen molar-refractivity contribution in [3.8, 4) is 0 Å². The first kappa shape index (κ1) is 37.6. The van der Waals surface area contributed by atoms with Gasteiger partial charge in [0.05, 0.1) is 25.4 Å². The smallest absolute Gasteiger partial charge is 0.316 e. The minimum atomic E-state index is -1.74. The number of hydrogen-bond acceptors (Lipinski definition) is 13. The molecule has 51 heavy (non-hydrogen) atoms. The fourth-order valence-corrected chi connectivity index (χ4v) is 13.4. The second kappa shape index (κ2) is 11.7. The van der Waals surface area contributed by atoms with E-state index in [1.54, 1.807) is 6.92 Å². The second-order valence-corrected chi connectivity index (χ2v) is 18.7. The van der Waals surface area contributed by atoms with Crippen molar-refractivity contribution in [3.05, 3.63) is 11.6 Å². The maximum absolute atomic E-state index is 14.2. The molecule has 4 saturated carbocycles. The number of carbonyl (C=O) groups excluding carboxylic acids is 2. The number of esters is 2. The van der Waals surface area contributed by atoms with Crippen LogP contribution in [0.1, 0.15) is 93.4 Å². The maximum Gasteiger partial charge on any atom is 0.316 e. The van der Waals surface area contributed by atoms with E-state index in [9.17, 15) is 45.3 Å². The summed E-state index contributed by atoms with van der Waals surface area (Å²) in [5, 5.41) is 77.5. The van der Waals surface area contributed by atoms with E-state index >= 15 is 0 Å². The lowest BCUT2D eigenvalue weighted by atomic mass is 9.32. The van der Waals surface area contributed by atoms with Gasteiger partial charge in [-0.05, 0) is 80.0 Å². The Morgan fingerprint density at radius 3 is 2.25 bits per heavy atom. The largest absolute Gasteiger partial charge is 0.459 e. The zero-order valence-corrected chi connectivity index (χ0v) is 30.9. The molecule has 3 saturated heterocycles. The Balaban J connectivity index is 1.25. The molecule has 0 aromatic rings. The summed E-state index contributed by atoms with van der Waals surface area (Å²) in [5.41, 5.74) is -5.70. The van der Waals surface area contributed by atoms with Gasteiger partial charge in [0, 0.05) is 18.3 Å². The topological polar surface area (TPSA) is 213 Å². The Bertz CT molecular complexity index is 1480. The third-order valence-electron chi connectivity index (χ3n) is 16.2. The zero-order chi connectivity index (χ0) is 37.5. The van der Waals surface area contributed by atoms with Crippen LogP contribution in [0.5, 0.6) is 0 Å². The van der Waals surface area contributed by atoms with Crippen molar-refractivity contribution < 1.29 is 64.3 Å². The maximum atomic E-state index is 14.2. The van der Waals surface area contributed by atoms with E-state index in [1.807, 2.05) is 0 Å². The standard InChI is InChI=1S/C38H58O13/c1-18(40)49-29-20(41)14-33(4)22(32(29,2)3)10-11-34(5)23(33)9-8-19-28-36(7,47)37(17-48-30-27(45)26(44)25(43)21(16-39)50-30)12-13-38(28,31(46)51-37)24(42)15-35(19,34)6/h8,20-30,39,41-45,47H,9-17H2,1-7H3/t20?,21-,22?,23?,24?,25-,26+,27-,28?,29?,30-,33?,34?,35?,36?,37?,38?/m1/s1. The van der Waals surface area contributed by atoms with Crippen LogP contribution in [0.15, 0.2) is 11.6 Å². The third kappa shape index (κ3) is 4.65. The number of carbonyl (C=O) groups is 2. The van der Waals surface area contributed by atoms with Gasteiger partial charge in [-0.15, -0.1) is 0 Å². The van der Waals surface area contributed by atoms with Crippen molar-refractivity contribution in [1.82, 2.24) is 0 Å². The first-order valence-electron chi connectivity index (χ1n) is 18.7. The zero-order valence-electron chi connectivity index (χ0n) is 30.9. The van der Waals surface area contributed by atoms with E-state index in [0.717, 1.165) is 18.4 Å². The molecular weight excluding hydrogens is 664 g/mol. The molecule has 13 heteroatoms. The lowest BCUT2D eigenvalue weighted by molar-refractivity contribution is -0.345. The normalized spacial score (nSPS) is 55.7. The van der Waals surface area contributed by atoms with Gasteiger partial charge in [-0.2, -0.15) is 0 Å². The van der Waals surface area contributed by atoms with Gasteiger partial charge in [0.1, 0.15) is 41.5 Å². The summed E-state index contributed by atoms with van der Waals surface area (Å²) in [6.07, 6.45) is -4.62. The fraction of sp³-hybridized carbons (Fsp3) is 0.895. The van der Waals surface area contributed by atoms with E-state index in [2.05, 4.69) is 40.7 Å².